The van der Waals surface area contributed by atoms with Crippen molar-refractivity contribution in [2.75, 3.05) is 51.8 Å². The van der Waals surface area contributed by atoms with Crippen molar-refractivity contribution in [3.05, 3.63) is 81.2 Å². The van der Waals surface area contributed by atoms with Gasteiger partial charge in [-0.05, 0) is 60.8 Å². The van der Waals surface area contributed by atoms with Gasteiger partial charge >= 0.3 is 0 Å². The van der Waals surface area contributed by atoms with E-state index in [2.05, 4.69) is 10.2 Å². The number of hydrogen-bond donors (Lipinski definition) is 1. The molecule has 1 fully saturated rings. The van der Waals surface area contributed by atoms with Crippen LogP contribution in [0.15, 0.2) is 53.4 Å². The Hall–Kier alpha value is -3.09. The molecule has 40 heavy (non-hydrogen) atoms. The first-order valence-corrected chi connectivity index (χ1v) is 15.8. The van der Waals surface area contributed by atoms with E-state index in [1.165, 1.54) is 45.5 Å². The number of sulfonamides is 1. The van der Waals surface area contributed by atoms with Gasteiger partial charge in [0.15, 0.2) is 0 Å². The number of hydrogen-bond acceptors (Lipinski definition) is 7. The number of benzene rings is 2. The predicted molar refractivity (Wildman–Crippen MR) is 153 cm³/mol. The molecule has 3 aliphatic heterocycles. The number of rotatable bonds is 5. The fraction of sp³-hybridized carbons (Fsp3) is 0.379. The van der Waals surface area contributed by atoms with Gasteiger partial charge in [0, 0.05) is 49.7 Å². The van der Waals surface area contributed by atoms with E-state index in [4.69, 9.17) is 4.74 Å². The average molecular weight is 581 g/mol. The minimum Gasteiger partial charge on any atom is -0.378 e. The molecule has 9 nitrogen and oxygen atoms in total. The number of anilines is 1. The second kappa shape index (κ2) is 11.1. The number of thiophene rings is 1. The second-order valence-electron chi connectivity index (χ2n) is 10.4. The van der Waals surface area contributed by atoms with Gasteiger partial charge in [-0.25, -0.2) is 8.42 Å². The van der Waals surface area contributed by atoms with Crippen molar-refractivity contribution in [2.24, 2.45) is 0 Å². The van der Waals surface area contributed by atoms with Crippen LogP contribution in [0.4, 0.5) is 5.00 Å². The Bertz CT molecular complexity index is 1540. The maximum Gasteiger partial charge on any atom is 0.257 e. The minimum absolute atomic E-state index is 0.0785. The first-order chi connectivity index (χ1) is 19.3. The summed E-state index contributed by atoms with van der Waals surface area (Å²) in [6.45, 7) is 4.37. The molecule has 1 saturated heterocycles. The number of nitrogens with zero attached hydrogens (tertiary/aromatic N) is 3. The summed E-state index contributed by atoms with van der Waals surface area (Å²) in [7, 11) is -1.66. The van der Waals surface area contributed by atoms with Crippen molar-refractivity contribution in [1.29, 1.82) is 0 Å². The van der Waals surface area contributed by atoms with Gasteiger partial charge in [-0.15, -0.1) is 11.3 Å². The summed E-state index contributed by atoms with van der Waals surface area (Å²) in [5.74, 6) is -0.455. The molecule has 0 radical (unpaired) electrons. The zero-order valence-corrected chi connectivity index (χ0v) is 24.0. The van der Waals surface area contributed by atoms with E-state index in [0.29, 0.717) is 61.9 Å². The highest BCUT2D eigenvalue weighted by atomic mass is 32.2. The maximum absolute atomic E-state index is 13.6. The van der Waals surface area contributed by atoms with E-state index in [1.54, 1.807) is 4.90 Å². The fourth-order valence-corrected chi connectivity index (χ4v) is 8.28. The third-order valence-corrected chi connectivity index (χ3v) is 10.8. The molecule has 3 aromatic rings. The summed E-state index contributed by atoms with van der Waals surface area (Å²) in [4.78, 5) is 32.1. The summed E-state index contributed by atoms with van der Waals surface area (Å²) < 4.78 is 33.6. The number of fused-ring (bicyclic) bond motifs is 2. The summed E-state index contributed by atoms with van der Waals surface area (Å²) in [6, 6.07) is 13.9. The SMILES string of the molecule is CN1CCc2c(sc(NC(=O)c3ccc(S(=O)(=O)N4CCc5ccccc5C4)cc3)c2C(=O)N2CCOCC2)C1. The number of nitrogens with one attached hydrogen (secondary N) is 1. The molecule has 4 heterocycles. The number of ether oxygens (including phenoxy) is 1. The molecule has 3 aliphatic rings. The fourth-order valence-electron chi connectivity index (χ4n) is 5.55. The predicted octanol–water partition coefficient (Wildman–Crippen LogP) is 3.21. The molecule has 6 rings (SSSR count). The van der Waals surface area contributed by atoms with E-state index >= 15 is 0 Å². The zero-order chi connectivity index (χ0) is 27.9. The van der Waals surface area contributed by atoms with E-state index in [0.717, 1.165) is 35.5 Å². The van der Waals surface area contributed by atoms with Crippen LogP contribution in [0.1, 0.15) is 42.3 Å². The van der Waals surface area contributed by atoms with Gasteiger partial charge in [0.25, 0.3) is 11.8 Å². The van der Waals surface area contributed by atoms with Crippen molar-refractivity contribution >= 4 is 38.2 Å². The van der Waals surface area contributed by atoms with Gasteiger partial charge in [-0.1, -0.05) is 24.3 Å². The zero-order valence-electron chi connectivity index (χ0n) is 22.4. The van der Waals surface area contributed by atoms with Crippen LogP contribution in [0.3, 0.4) is 0 Å². The van der Waals surface area contributed by atoms with Crippen LogP contribution in [0, 0.1) is 0 Å². The molecule has 210 valence electrons. The van der Waals surface area contributed by atoms with Gasteiger partial charge in [0.2, 0.25) is 10.0 Å². The third-order valence-electron chi connectivity index (χ3n) is 7.84. The lowest BCUT2D eigenvalue weighted by atomic mass is 10.0. The molecule has 1 aromatic heterocycles. The van der Waals surface area contributed by atoms with Crippen LogP contribution in [-0.4, -0.2) is 80.8 Å². The number of likely N-dealkylation sites (N-methyl/N-ethyl adjacent to an activating group) is 1. The molecular weight excluding hydrogens is 548 g/mol. The van der Waals surface area contributed by atoms with Gasteiger partial charge in [-0.2, -0.15) is 4.31 Å². The molecule has 0 atom stereocenters. The molecule has 11 heteroatoms. The minimum atomic E-state index is -3.71. The summed E-state index contributed by atoms with van der Waals surface area (Å²) in [6.07, 6.45) is 1.42. The normalized spacial score (nSPS) is 18.2. The van der Waals surface area contributed by atoms with Gasteiger partial charge in [-0.3, -0.25) is 9.59 Å². The molecule has 2 aromatic carbocycles. The Labute approximate surface area is 238 Å². The maximum atomic E-state index is 13.6. The van der Waals surface area contributed by atoms with E-state index in [9.17, 15) is 18.0 Å². The van der Waals surface area contributed by atoms with Gasteiger partial charge in [0.1, 0.15) is 5.00 Å². The molecule has 0 aliphatic carbocycles. The Balaban J connectivity index is 1.22. The number of carbonyl (C=O) groups excluding carboxylic acids is 2. The van der Waals surface area contributed by atoms with Crippen LogP contribution >= 0.6 is 11.3 Å². The Morgan fingerprint density at radius 3 is 2.38 bits per heavy atom. The Morgan fingerprint density at radius 2 is 1.62 bits per heavy atom. The van der Waals surface area contributed by atoms with Crippen molar-refractivity contribution in [3.63, 3.8) is 0 Å². The summed E-state index contributed by atoms with van der Waals surface area (Å²) >= 11 is 1.45. The lowest BCUT2D eigenvalue weighted by Crippen LogP contribution is -2.41. The van der Waals surface area contributed by atoms with E-state index in [1.807, 2.05) is 31.3 Å². The van der Waals surface area contributed by atoms with E-state index < -0.39 is 10.0 Å². The molecule has 0 bridgehead atoms. The molecule has 0 saturated carbocycles. The van der Waals surface area contributed by atoms with Gasteiger partial charge < -0.3 is 19.9 Å². The van der Waals surface area contributed by atoms with Crippen LogP contribution in [0.5, 0.6) is 0 Å². The lowest BCUT2D eigenvalue weighted by Gasteiger charge is -2.28. The van der Waals surface area contributed by atoms with Crippen LogP contribution < -0.4 is 5.32 Å². The van der Waals surface area contributed by atoms with Crippen LogP contribution in [0.25, 0.3) is 0 Å². The molecule has 1 N–H and O–H groups in total. The Morgan fingerprint density at radius 1 is 0.900 bits per heavy atom. The smallest absolute Gasteiger partial charge is 0.257 e. The quantitative estimate of drug-likeness (QED) is 0.498. The van der Waals surface area contributed by atoms with E-state index in [-0.39, 0.29) is 16.7 Å². The summed E-state index contributed by atoms with van der Waals surface area (Å²) in [5.41, 5.74) is 4.11. The van der Waals surface area contributed by atoms with Gasteiger partial charge in [0.05, 0.1) is 23.7 Å². The Kier molecular flexibility index (Phi) is 7.49. The molecule has 0 spiro atoms. The average Bonchev–Trinajstić information content (AvgIpc) is 3.33. The van der Waals surface area contributed by atoms with Crippen molar-refractivity contribution < 1.29 is 22.7 Å². The number of amides is 2. The second-order valence-corrected chi connectivity index (χ2v) is 13.5. The lowest BCUT2D eigenvalue weighted by molar-refractivity contribution is 0.0303. The monoisotopic (exact) mass is 580 g/mol. The van der Waals surface area contributed by atoms with Crippen molar-refractivity contribution in [2.45, 2.75) is 30.8 Å². The molecule has 2 amide bonds. The van der Waals surface area contributed by atoms with Crippen molar-refractivity contribution in [1.82, 2.24) is 14.1 Å². The highest BCUT2D eigenvalue weighted by Crippen LogP contribution is 2.38. The highest BCUT2D eigenvalue weighted by Gasteiger charge is 2.32. The standard InChI is InChI=1S/C29H32N4O5S2/c1-31-12-11-24-25(19-31)39-28(26(24)29(35)32-14-16-38-17-15-32)30-27(34)21-6-8-23(9-7-21)40(36,37)33-13-10-20-4-2-3-5-22(20)18-33/h2-9H,10-19H2,1H3,(H,30,34). The largest absolute Gasteiger partial charge is 0.378 e. The number of morpholine rings is 1. The summed E-state index contributed by atoms with van der Waals surface area (Å²) in [5, 5.41) is 3.52. The third kappa shape index (κ3) is 5.19. The van der Waals surface area contributed by atoms with Crippen LogP contribution in [0.2, 0.25) is 0 Å². The highest BCUT2D eigenvalue weighted by molar-refractivity contribution is 7.89. The molecule has 0 unspecified atom stereocenters. The van der Waals surface area contributed by atoms with Crippen molar-refractivity contribution in [3.8, 4) is 0 Å². The topological polar surface area (TPSA) is 99.3 Å². The van der Waals surface area contributed by atoms with Crippen LogP contribution in [-0.2, 0) is 40.7 Å². The first kappa shape index (κ1) is 27.1. The first-order valence-electron chi connectivity index (χ1n) is 13.5. The molecular formula is C29H32N4O5S2. The number of carbonyl (C=O) groups is 2.